The van der Waals surface area contributed by atoms with Crippen LogP contribution in [0.5, 0.6) is 0 Å². The lowest BCUT2D eigenvalue weighted by atomic mass is 10.1. The fourth-order valence-electron chi connectivity index (χ4n) is 2.18. The van der Waals surface area contributed by atoms with Crippen LogP contribution >= 0.6 is 11.6 Å². The molecule has 1 fully saturated rings. The molecule has 2 rings (SSSR count). The van der Waals surface area contributed by atoms with Crippen molar-refractivity contribution < 1.29 is 0 Å². The largest absolute Gasteiger partial charge is 0.369 e. The Kier molecular flexibility index (Phi) is 3.88. The van der Waals surface area contributed by atoms with Crippen LogP contribution in [0, 0.1) is 11.3 Å². The summed E-state index contributed by atoms with van der Waals surface area (Å²) in [6, 6.07) is 10.5. The zero-order valence-corrected chi connectivity index (χ0v) is 10.7. The third-order valence-electron chi connectivity index (χ3n) is 3.28. The maximum Gasteiger partial charge on any atom is 0.0638 e. The van der Waals surface area contributed by atoms with Crippen LogP contribution in [-0.2, 0) is 0 Å². The van der Waals surface area contributed by atoms with E-state index in [1.54, 1.807) is 0 Å². The standard InChI is InChI=1S/C13H16ClN3/c1-16-7-8-17(10-13(16)5-6-15)12-4-2-3-11(14)9-12/h2-4,9,13H,5,7-8,10H2,1H3. The number of benzene rings is 1. The third kappa shape index (κ3) is 2.91. The molecular formula is C13H16ClN3. The van der Waals surface area contributed by atoms with Crippen molar-refractivity contribution in [2.75, 3.05) is 31.6 Å². The first-order valence-corrected chi connectivity index (χ1v) is 6.16. The van der Waals surface area contributed by atoms with Gasteiger partial charge in [-0.1, -0.05) is 17.7 Å². The quantitative estimate of drug-likeness (QED) is 0.806. The van der Waals surface area contributed by atoms with Gasteiger partial charge in [0.15, 0.2) is 0 Å². The van der Waals surface area contributed by atoms with Crippen LogP contribution in [0.2, 0.25) is 5.02 Å². The fourth-order valence-corrected chi connectivity index (χ4v) is 2.36. The average molecular weight is 250 g/mol. The Hall–Kier alpha value is -1.24. The van der Waals surface area contributed by atoms with Crippen LogP contribution in [0.3, 0.4) is 0 Å². The number of rotatable bonds is 2. The van der Waals surface area contributed by atoms with Crippen molar-refractivity contribution in [3.05, 3.63) is 29.3 Å². The SMILES string of the molecule is CN1CCN(c2cccc(Cl)c2)CC1CC#N. The zero-order valence-electron chi connectivity index (χ0n) is 9.93. The summed E-state index contributed by atoms with van der Waals surface area (Å²) in [5, 5.41) is 9.58. The van der Waals surface area contributed by atoms with Gasteiger partial charge in [0.2, 0.25) is 0 Å². The lowest BCUT2D eigenvalue weighted by Crippen LogP contribution is -2.51. The summed E-state index contributed by atoms with van der Waals surface area (Å²) in [6.07, 6.45) is 0.577. The maximum absolute atomic E-state index is 8.82. The first-order valence-electron chi connectivity index (χ1n) is 5.78. The van der Waals surface area contributed by atoms with Crippen molar-refractivity contribution in [1.29, 1.82) is 5.26 Å². The van der Waals surface area contributed by atoms with Gasteiger partial charge in [-0.25, -0.2) is 0 Å². The fraction of sp³-hybridized carbons (Fsp3) is 0.462. The molecule has 1 atom stereocenters. The minimum Gasteiger partial charge on any atom is -0.369 e. The van der Waals surface area contributed by atoms with E-state index in [-0.39, 0.29) is 0 Å². The number of piperazine rings is 1. The topological polar surface area (TPSA) is 30.3 Å². The van der Waals surface area contributed by atoms with Gasteiger partial charge in [-0.3, -0.25) is 4.90 Å². The van der Waals surface area contributed by atoms with Crippen molar-refractivity contribution in [1.82, 2.24) is 4.90 Å². The van der Waals surface area contributed by atoms with Gasteiger partial charge in [0.25, 0.3) is 0 Å². The van der Waals surface area contributed by atoms with E-state index in [2.05, 4.69) is 29.0 Å². The van der Waals surface area contributed by atoms with Gasteiger partial charge in [-0.2, -0.15) is 5.26 Å². The number of hydrogen-bond donors (Lipinski definition) is 0. The Labute approximate surface area is 107 Å². The Morgan fingerprint density at radius 2 is 2.29 bits per heavy atom. The minimum absolute atomic E-state index is 0.313. The Bertz CT molecular complexity index is 427. The summed E-state index contributed by atoms with van der Waals surface area (Å²) in [5.74, 6) is 0. The van der Waals surface area contributed by atoms with Crippen LogP contribution in [0.1, 0.15) is 6.42 Å². The molecule has 0 bridgehead atoms. The summed E-state index contributed by atoms with van der Waals surface area (Å²) in [4.78, 5) is 4.55. The summed E-state index contributed by atoms with van der Waals surface area (Å²) < 4.78 is 0. The Morgan fingerprint density at radius 1 is 1.47 bits per heavy atom. The molecular weight excluding hydrogens is 234 g/mol. The van der Waals surface area contributed by atoms with Gasteiger partial charge in [0, 0.05) is 36.4 Å². The van der Waals surface area contributed by atoms with Crippen LogP contribution in [-0.4, -0.2) is 37.6 Å². The minimum atomic E-state index is 0.313. The summed E-state index contributed by atoms with van der Waals surface area (Å²) in [6.45, 7) is 2.86. The highest BCUT2D eigenvalue weighted by molar-refractivity contribution is 6.30. The van der Waals surface area contributed by atoms with E-state index in [9.17, 15) is 0 Å². The van der Waals surface area contributed by atoms with E-state index >= 15 is 0 Å². The Morgan fingerprint density at radius 3 is 3.00 bits per heavy atom. The molecule has 4 heteroatoms. The lowest BCUT2D eigenvalue weighted by Gasteiger charge is -2.39. The second kappa shape index (κ2) is 5.39. The first-order chi connectivity index (χ1) is 8.20. The molecule has 0 saturated carbocycles. The second-order valence-corrected chi connectivity index (χ2v) is 4.86. The molecule has 90 valence electrons. The van der Waals surface area contributed by atoms with E-state index in [1.165, 1.54) is 0 Å². The van der Waals surface area contributed by atoms with Crippen LogP contribution < -0.4 is 4.90 Å². The van der Waals surface area contributed by atoms with E-state index in [0.717, 1.165) is 30.3 Å². The molecule has 0 radical (unpaired) electrons. The molecule has 1 heterocycles. The predicted molar refractivity (Wildman–Crippen MR) is 70.3 cm³/mol. The average Bonchev–Trinajstić information content (AvgIpc) is 2.32. The monoisotopic (exact) mass is 249 g/mol. The van der Waals surface area contributed by atoms with Crippen molar-refractivity contribution >= 4 is 17.3 Å². The summed E-state index contributed by atoms with van der Waals surface area (Å²) >= 11 is 6.00. The molecule has 0 N–H and O–H groups in total. The van der Waals surface area contributed by atoms with Crippen molar-refractivity contribution in [2.24, 2.45) is 0 Å². The molecule has 1 aliphatic rings. The maximum atomic E-state index is 8.82. The highest BCUT2D eigenvalue weighted by Crippen LogP contribution is 2.22. The summed E-state index contributed by atoms with van der Waals surface area (Å²) in [5.41, 5.74) is 1.15. The van der Waals surface area contributed by atoms with Crippen LogP contribution in [0.25, 0.3) is 0 Å². The van der Waals surface area contributed by atoms with E-state index < -0.39 is 0 Å². The third-order valence-corrected chi connectivity index (χ3v) is 3.51. The smallest absolute Gasteiger partial charge is 0.0638 e. The van der Waals surface area contributed by atoms with Crippen molar-refractivity contribution in [3.63, 3.8) is 0 Å². The zero-order chi connectivity index (χ0) is 12.3. The first kappa shape index (κ1) is 12.2. The van der Waals surface area contributed by atoms with Gasteiger partial charge in [0.1, 0.15) is 0 Å². The van der Waals surface area contributed by atoms with E-state index in [0.29, 0.717) is 12.5 Å². The van der Waals surface area contributed by atoms with Gasteiger partial charge in [-0.05, 0) is 25.2 Å². The second-order valence-electron chi connectivity index (χ2n) is 4.42. The number of anilines is 1. The molecule has 1 aliphatic heterocycles. The number of nitrogens with zero attached hydrogens (tertiary/aromatic N) is 3. The molecule has 1 aromatic carbocycles. The van der Waals surface area contributed by atoms with Crippen LogP contribution in [0.15, 0.2) is 24.3 Å². The van der Waals surface area contributed by atoms with Crippen LogP contribution in [0.4, 0.5) is 5.69 Å². The molecule has 3 nitrogen and oxygen atoms in total. The lowest BCUT2D eigenvalue weighted by molar-refractivity contribution is 0.221. The Balaban J connectivity index is 2.10. The number of likely N-dealkylation sites (N-methyl/N-ethyl adjacent to an activating group) is 1. The van der Waals surface area contributed by atoms with E-state index in [4.69, 9.17) is 16.9 Å². The van der Waals surface area contributed by atoms with E-state index in [1.807, 2.05) is 18.2 Å². The molecule has 0 amide bonds. The van der Waals surface area contributed by atoms with Crippen molar-refractivity contribution in [3.8, 4) is 6.07 Å². The molecule has 1 saturated heterocycles. The van der Waals surface area contributed by atoms with Gasteiger partial charge < -0.3 is 4.90 Å². The van der Waals surface area contributed by atoms with Gasteiger partial charge >= 0.3 is 0 Å². The highest BCUT2D eigenvalue weighted by atomic mass is 35.5. The molecule has 17 heavy (non-hydrogen) atoms. The molecule has 0 aromatic heterocycles. The molecule has 0 aliphatic carbocycles. The van der Waals surface area contributed by atoms with Crippen molar-refractivity contribution in [2.45, 2.75) is 12.5 Å². The predicted octanol–water partition coefficient (Wildman–Crippen LogP) is 2.37. The number of halogens is 1. The molecule has 0 spiro atoms. The summed E-state index contributed by atoms with van der Waals surface area (Å²) in [7, 11) is 2.08. The molecule has 1 aromatic rings. The number of hydrogen-bond acceptors (Lipinski definition) is 3. The van der Waals surface area contributed by atoms with Gasteiger partial charge in [0.05, 0.1) is 12.5 Å². The molecule has 1 unspecified atom stereocenters. The highest BCUT2D eigenvalue weighted by Gasteiger charge is 2.24. The number of nitriles is 1. The normalized spacial score (nSPS) is 21.2. The van der Waals surface area contributed by atoms with Gasteiger partial charge in [-0.15, -0.1) is 0 Å².